The summed E-state index contributed by atoms with van der Waals surface area (Å²) in [4.78, 5) is 32.8. The van der Waals surface area contributed by atoms with E-state index in [0.717, 1.165) is 16.3 Å². The lowest BCUT2D eigenvalue weighted by Gasteiger charge is -2.33. The molecule has 0 saturated carbocycles. The van der Waals surface area contributed by atoms with E-state index in [1.165, 1.54) is 11.3 Å². The number of likely N-dealkylation sites (N-methyl/N-ethyl adjacent to an activating group) is 1. The molecular weight excluding hydrogens is 364 g/mol. The van der Waals surface area contributed by atoms with Crippen LogP contribution in [0.1, 0.15) is 17.4 Å². The van der Waals surface area contributed by atoms with Crippen molar-refractivity contribution in [2.75, 3.05) is 46.4 Å². The maximum Gasteiger partial charge on any atom is 0.273 e. The number of methoxy groups -OCH3 is 1. The van der Waals surface area contributed by atoms with Gasteiger partial charge in [0.25, 0.3) is 5.91 Å². The summed E-state index contributed by atoms with van der Waals surface area (Å²) in [6, 6.07) is 7.64. The molecule has 7 nitrogen and oxygen atoms in total. The van der Waals surface area contributed by atoms with Gasteiger partial charge in [0.2, 0.25) is 5.91 Å². The van der Waals surface area contributed by atoms with Crippen molar-refractivity contribution in [3.63, 3.8) is 0 Å². The van der Waals surface area contributed by atoms with Crippen LogP contribution in [0, 0.1) is 0 Å². The summed E-state index contributed by atoms with van der Waals surface area (Å²) < 4.78 is 5.17. The van der Waals surface area contributed by atoms with E-state index >= 15 is 0 Å². The number of piperazine rings is 1. The van der Waals surface area contributed by atoms with Crippen molar-refractivity contribution in [3.05, 3.63) is 35.3 Å². The van der Waals surface area contributed by atoms with Crippen molar-refractivity contribution in [2.45, 2.75) is 6.92 Å². The van der Waals surface area contributed by atoms with Crippen molar-refractivity contribution in [2.24, 2.45) is 0 Å². The van der Waals surface area contributed by atoms with Gasteiger partial charge in [0.05, 0.1) is 13.7 Å². The zero-order chi connectivity index (χ0) is 19.2. The van der Waals surface area contributed by atoms with Crippen LogP contribution in [0.3, 0.4) is 0 Å². The van der Waals surface area contributed by atoms with Gasteiger partial charge in [-0.2, -0.15) is 0 Å². The molecule has 0 radical (unpaired) electrons. The van der Waals surface area contributed by atoms with Crippen LogP contribution in [0.25, 0.3) is 10.6 Å². The predicted molar refractivity (Wildman–Crippen MR) is 105 cm³/mol. The Bertz CT molecular complexity index is 783. The molecule has 0 bridgehead atoms. The Hall–Kier alpha value is -2.45. The molecule has 27 heavy (non-hydrogen) atoms. The number of amides is 2. The van der Waals surface area contributed by atoms with Crippen molar-refractivity contribution in [1.82, 2.24) is 20.1 Å². The third-order valence-corrected chi connectivity index (χ3v) is 5.35. The molecule has 2 aromatic rings. The Morgan fingerprint density at radius 3 is 2.52 bits per heavy atom. The van der Waals surface area contributed by atoms with Gasteiger partial charge in [-0.25, -0.2) is 4.98 Å². The van der Waals surface area contributed by atoms with Gasteiger partial charge in [-0.3, -0.25) is 14.5 Å². The highest BCUT2D eigenvalue weighted by atomic mass is 32.1. The minimum Gasteiger partial charge on any atom is -0.497 e. The zero-order valence-corrected chi connectivity index (χ0v) is 16.4. The summed E-state index contributed by atoms with van der Waals surface area (Å²) in [5, 5.41) is 5.42. The molecule has 2 heterocycles. The summed E-state index contributed by atoms with van der Waals surface area (Å²) in [7, 11) is 1.63. The lowest BCUT2D eigenvalue weighted by atomic mass is 10.2. The number of nitrogens with zero attached hydrogens (tertiary/aromatic N) is 3. The Morgan fingerprint density at radius 2 is 1.89 bits per heavy atom. The molecular formula is C19H24N4O3S. The molecule has 3 rings (SSSR count). The van der Waals surface area contributed by atoms with E-state index in [0.29, 0.717) is 45.0 Å². The third kappa shape index (κ3) is 4.84. The fraction of sp³-hybridized carbons (Fsp3) is 0.421. The van der Waals surface area contributed by atoms with Gasteiger partial charge >= 0.3 is 0 Å². The SMILES string of the molecule is CCNC(=O)CN1CCN(C(=O)c2csc(-c3ccc(OC)cc3)n2)CC1. The standard InChI is InChI=1S/C19H24N4O3S/c1-3-20-17(24)12-22-8-10-23(11-9-22)19(25)16-13-27-18(21-16)14-4-6-15(26-2)7-5-14/h4-7,13H,3,8-12H2,1-2H3,(H,20,24). The molecule has 1 fully saturated rings. The number of benzene rings is 1. The molecule has 0 spiro atoms. The number of aromatic nitrogens is 1. The molecule has 0 atom stereocenters. The van der Waals surface area contributed by atoms with E-state index in [1.807, 2.05) is 36.6 Å². The second-order valence-corrected chi connectivity index (χ2v) is 7.15. The van der Waals surface area contributed by atoms with Crippen LogP contribution >= 0.6 is 11.3 Å². The minimum absolute atomic E-state index is 0.0286. The fourth-order valence-corrected chi connectivity index (χ4v) is 3.77. The highest BCUT2D eigenvalue weighted by Crippen LogP contribution is 2.26. The first-order chi connectivity index (χ1) is 13.1. The Balaban J connectivity index is 1.57. The van der Waals surface area contributed by atoms with E-state index in [1.54, 1.807) is 12.0 Å². The predicted octanol–water partition coefficient (Wildman–Crippen LogP) is 1.71. The van der Waals surface area contributed by atoms with Crippen LogP contribution in [0.4, 0.5) is 0 Å². The molecule has 8 heteroatoms. The number of carbonyl (C=O) groups excluding carboxylic acids is 2. The van der Waals surface area contributed by atoms with Gasteiger partial charge in [0, 0.05) is 43.7 Å². The Morgan fingerprint density at radius 1 is 1.19 bits per heavy atom. The second kappa shape index (κ2) is 8.96. The number of ether oxygens (including phenoxy) is 1. The molecule has 144 valence electrons. The number of rotatable bonds is 6. The maximum atomic E-state index is 12.7. The molecule has 1 N–H and O–H groups in total. The molecule has 1 aliphatic rings. The van der Waals surface area contributed by atoms with Gasteiger partial charge in [-0.1, -0.05) is 0 Å². The average Bonchev–Trinajstić information content (AvgIpc) is 3.18. The van der Waals surface area contributed by atoms with Crippen LogP contribution in [-0.4, -0.2) is 73.0 Å². The van der Waals surface area contributed by atoms with E-state index < -0.39 is 0 Å². The lowest BCUT2D eigenvalue weighted by molar-refractivity contribution is -0.122. The molecule has 0 aliphatic carbocycles. The second-order valence-electron chi connectivity index (χ2n) is 6.29. The Labute approximate surface area is 162 Å². The van der Waals surface area contributed by atoms with Crippen molar-refractivity contribution >= 4 is 23.2 Å². The van der Waals surface area contributed by atoms with E-state index in [-0.39, 0.29) is 11.8 Å². The summed E-state index contributed by atoms with van der Waals surface area (Å²) >= 11 is 1.46. The molecule has 1 aromatic carbocycles. The van der Waals surface area contributed by atoms with E-state index in [2.05, 4.69) is 15.2 Å². The largest absolute Gasteiger partial charge is 0.497 e. The normalized spacial score (nSPS) is 14.8. The number of nitrogens with one attached hydrogen (secondary N) is 1. The van der Waals surface area contributed by atoms with Crippen LogP contribution < -0.4 is 10.1 Å². The number of hydrogen-bond donors (Lipinski definition) is 1. The quantitative estimate of drug-likeness (QED) is 0.816. The average molecular weight is 388 g/mol. The fourth-order valence-electron chi connectivity index (χ4n) is 2.97. The highest BCUT2D eigenvalue weighted by Gasteiger charge is 2.24. The molecule has 1 saturated heterocycles. The summed E-state index contributed by atoms with van der Waals surface area (Å²) in [5.41, 5.74) is 1.44. The lowest BCUT2D eigenvalue weighted by Crippen LogP contribution is -2.51. The van der Waals surface area contributed by atoms with E-state index in [9.17, 15) is 9.59 Å². The van der Waals surface area contributed by atoms with Crippen molar-refractivity contribution in [3.8, 4) is 16.3 Å². The highest BCUT2D eigenvalue weighted by molar-refractivity contribution is 7.13. The summed E-state index contributed by atoms with van der Waals surface area (Å²) in [5.74, 6) is 0.765. The van der Waals surface area contributed by atoms with E-state index in [4.69, 9.17) is 4.74 Å². The molecule has 0 unspecified atom stereocenters. The third-order valence-electron chi connectivity index (χ3n) is 4.46. The van der Waals surface area contributed by atoms with Gasteiger partial charge in [0.1, 0.15) is 16.5 Å². The van der Waals surface area contributed by atoms with Gasteiger partial charge in [0.15, 0.2) is 0 Å². The molecule has 2 amide bonds. The van der Waals surface area contributed by atoms with Crippen LogP contribution in [0.5, 0.6) is 5.75 Å². The van der Waals surface area contributed by atoms with Crippen LogP contribution in [0.15, 0.2) is 29.6 Å². The number of carbonyl (C=O) groups is 2. The first-order valence-electron chi connectivity index (χ1n) is 8.99. The summed E-state index contributed by atoms with van der Waals surface area (Å²) in [6.07, 6.45) is 0. The zero-order valence-electron chi connectivity index (χ0n) is 15.6. The molecule has 1 aromatic heterocycles. The molecule has 1 aliphatic heterocycles. The maximum absolute atomic E-state index is 12.7. The van der Waals surface area contributed by atoms with Gasteiger partial charge < -0.3 is 15.0 Å². The number of hydrogen-bond acceptors (Lipinski definition) is 6. The smallest absolute Gasteiger partial charge is 0.273 e. The number of thiazole rings is 1. The van der Waals surface area contributed by atoms with Crippen LogP contribution in [-0.2, 0) is 4.79 Å². The summed E-state index contributed by atoms with van der Waals surface area (Å²) in [6.45, 7) is 5.52. The topological polar surface area (TPSA) is 74.8 Å². The monoisotopic (exact) mass is 388 g/mol. The first kappa shape index (κ1) is 19.3. The Kier molecular flexibility index (Phi) is 6.41. The first-order valence-corrected chi connectivity index (χ1v) is 9.87. The van der Waals surface area contributed by atoms with Crippen molar-refractivity contribution in [1.29, 1.82) is 0 Å². The van der Waals surface area contributed by atoms with Gasteiger partial charge in [-0.05, 0) is 31.2 Å². The van der Waals surface area contributed by atoms with Crippen LogP contribution in [0.2, 0.25) is 0 Å². The van der Waals surface area contributed by atoms with Gasteiger partial charge in [-0.15, -0.1) is 11.3 Å². The van der Waals surface area contributed by atoms with Crippen molar-refractivity contribution < 1.29 is 14.3 Å². The minimum atomic E-state index is -0.0522.